The summed E-state index contributed by atoms with van der Waals surface area (Å²) >= 11 is 0. The number of nitrogens with zero attached hydrogens (tertiary/aromatic N) is 2. The van der Waals surface area contributed by atoms with Gasteiger partial charge in [0, 0.05) is 18.3 Å². The summed E-state index contributed by atoms with van der Waals surface area (Å²) in [6, 6.07) is 2.34. The summed E-state index contributed by atoms with van der Waals surface area (Å²) in [6.45, 7) is 0. The SMILES string of the molecule is O=[N+]([O-])c1cccnc1S(=O)(=O)NC1CC1. The van der Waals surface area contributed by atoms with E-state index in [9.17, 15) is 18.5 Å². The number of sulfonamides is 1. The number of hydrogen-bond donors (Lipinski definition) is 1. The minimum absolute atomic E-state index is 0.105. The first kappa shape index (κ1) is 11.0. The predicted molar refractivity (Wildman–Crippen MR) is 54.2 cm³/mol. The van der Waals surface area contributed by atoms with Crippen LogP contribution in [0.3, 0.4) is 0 Å². The highest BCUT2D eigenvalue weighted by molar-refractivity contribution is 7.89. The van der Waals surface area contributed by atoms with E-state index < -0.39 is 25.7 Å². The molecule has 1 aromatic rings. The Bertz CT molecular complexity index is 524. The summed E-state index contributed by atoms with van der Waals surface area (Å²) in [6.07, 6.45) is 2.74. The van der Waals surface area contributed by atoms with E-state index in [1.165, 1.54) is 12.3 Å². The summed E-state index contributed by atoms with van der Waals surface area (Å²) in [4.78, 5) is 13.4. The van der Waals surface area contributed by atoms with Gasteiger partial charge < -0.3 is 0 Å². The third kappa shape index (κ3) is 2.17. The van der Waals surface area contributed by atoms with Crippen LogP contribution in [0, 0.1) is 10.1 Å². The molecule has 86 valence electrons. The van der Waals surface area contributed by atoms with Crippen molar-refractivity contribution in [2.24, 2.45) is 0 Å². The van der Waals surface area contributed by atoms with Crippen molar-refractivity contribution in [2.75, 3.05) is 0 Å². The lowest BCUT2D eigenvalue weighted by atomic mass is 10.4. The highest BCUT2D eigenvalue weighted by Crippen LogP contribution is 2.25. The van der Waals surface area contributed by atoms with Gasteiger partial charge in [-0.25, -0.2) is 18.1 Å². The maximum Gasteiger partial charge on any atom is 0.308 e. The van der Waals surface area contributed by atoms with E-state index in [0.717, 1.165) is 18.9 Å². The van der Waals surface area contributed by atoms with E-state index in [1.807, 2.05) is 0 Å². The van der Waals surface area contributed by atoms with E-state index in [0.29, 0.717) is 0 Å². The Morgan fingerprint density at radius 1 is 1.50 bits per heavy atom. The average molecular weight is 243 g/mol. The lowest BCUT2D eigenvalue weighted by Gasteiger charge is -2.04. The second-order valence-electron chi connectivity index (χ2n) is 3.48. The van der Waals surface area contributed by atoms with Gasteiger partial charge in [0.05, 0.1) is 4.92 Å². The van der Waals surface area contributed by atoms with Gasteiger partial charge in [-0.2, -0.15) is 0 Å². The minimum atomic E-state index is -3.88. The zero-order valence-corrected chi connectivity index (χ0v) is 8.98. The standard InChI is InChI=1S/C8H9N3O4S/c12-11(13)7-2-1-5-9-8(7)16(14,15)10-6-3-4-6/h1-2,5-6,10H,3-4H2. The molecule has 0 bridgehead atoms. The lowest BCUT2D eigenvalue weighted by Crippen LogP contribution is -2.27. The molecule has 0 radical (unpaired) electrons. The van der Waals surface area contributed by atoms with E-state index >= 15 is 0 Å². The first-order valence-electron chi connectivity index (χ1n) is 4.62. The van der Waals surface area contributed by atoms with Crippen molar-refractivity contribution in [1.29, 1.82) is 0 Å². The van der Waals surface area contributed by atoms with Gasteiger partial charge in [-0.05, 0) is 18.9 Å². The van der Waals surface area contributed by atoms with Crippen LogP contribution in [-0.2, 0) is 10.0 Å². The first-order chi connectivity index (χ1) is 7.50. The number of hydrogen-bond acceptors (Lipinski definition) is 5. The number of nitrogens with one attached hydrogen (secondary N) is 1. The Kier molecular flexibility index (Phi) is 2.60. The summed E-state index contributed by atoms with van der Waals surface area (Å²) in [5, 5.41) is 10.1. The number of aromatic nitrogens is 1. The molecule has 0 aliphatic heterocycles. The number of rotatable bonds is 4. The highest BCUT2D eigenvalue weighted by Gasteiger charge is 2.33. The number of pyridine rings is 1. The van der Waals surface area contributed by atoms with Crippen molar-refractivity contribution >= 4 is 15.7 Å². The van der Waals surface area contributed by atoms with Crippen LogP contribution in [0.2, 0.25) is 0 Å². The fourth-order valence-corrected chi connectivity index (χ4v) is 2.61. The molecule has 1 aliphatic rings. The fraction of sp³-hybridized carbons (Fsp3) is 0.375. The zero-order valence-electron chi connectivity index (χ0n) is 8.16. The Hall–Kier alpha value is -1.54. The first-order valence-corrected chi connectivity index (χ1v) is 6.11. The van der Waals surface area contributed by atoms with Gasteiger partial charge in [0.2, 0.25) is 5.03 Å². The molecule has 2 rings (SSSR count). The van der Waals surface area contributed by atoms with Gasteiger partial charge >= 0.3 is 5.69 Å². The lowest BCUT2D eigenvalue weighted by molar-refractivity contribution is -0.388. The maximum absolute atomic E-state index is 11.7. The molecule has 16 heavy (non-hydrogen) atoms. The third-order valence-electron chi connectivity index (χ3n) is 2.10. The fourth-order valence-electron chi connectivity index (χ4n) is 1.20. The smallest absolute Gasteiger partial charge is 0.258 e. The van der Waals surface area contributed by atoms with Gasteiger partial charge in [-0.15, -0.1) is 0 Å². The van der Waals surface area contributed by atoms with Crippen LogP contribution in [0.25, 0.3) is 0 Å². The predicted octanol–water partition coefficient (Wildman–Crippen LogP) is 0.430. The summed E-state index contributed by atoms with van der Waals surface area (Å²) in [5.74, 6) is 0. The molecule has 1 aliphatic carbocycles. The van der Waals surface area contributed by atoms with Crippen molar-refractivity contribution in [1.82, 2.24) is 9.71 Å². The normalized spacial score (nSPS) is 16.0. The van der Waals surface area contributed by atoms with Gasteiger partial charge in [-0.1, -0.05) is 0 Å². The topological polar surface area (TPSA) is 102 Å². The zero-order chi connectivity index (χ0) is 11.8. The molecule has 1 N–H and O–H groups in total. The molecule has 0 amide bonds. The molecule has 1 fully saturated rings. The molecule has 1 aromatic heterocycles. The van der Waals surface area contributed by atoms with E-state index in [2.05, 4.69) is 9.71 Å². The molecule has 0 unspecified atom stereocenters. The van der Waals surface area contributed by atoms with Crippen molar-refractivity contribution in [2.45, 2.75) is 23.9 Å². The second kappa shape index (κ2) is 3.80. The van der Waals surface area contributed by atoms with Crippen LogP contribution in [0.1, 0.15) is 12.8 Å². The van der Waals surface area contributed by atoms with Gasteiger partial charge in [0.25, 0.3) is 10.0 Å². The maximum atomic E-state index is 11.7. The van der Waals surface area contributed by atoms with Crippen molar-refractivity contribution in [3.8, 4) is 0 Å². The third-order valence-corrected chi connectivity index (χ3v) is 3.57. The van der Waals surface area contributed by atoms with E-state index in [1.54, 1.807) is 0 Å². The van der Waals surface area contributed by atoms with Gasteiger partial charge in [0.15, 0.2) is 0 Å². The molecule has 0 spiro atoms. The molecule has 8 heteroatoms. The Balaban J connectivity index is 2.41. The van der Waals surface area contributed by atoms with Crippen LogP contribution in [0.4, 0.5) is 5.69 Å². The molecular formula is C8H9N3O4S. The monoisotopic (exact) mass is 243 g/mol. The molecule has 0 atom stereocenters. The molecule has 1 saturated carbocycles. The van der Waals surface area contributed by atoms with Crippen LogP contribution in [0.5, 0.6) is 0 Å². The van der Waals surface area contributed by atoms with Crippen LogP contribution >= 0.6 is 0 Å². The Labute approximate surface area is 91.7 Å². The van der Waals surface area contributed by atoms with E-state index in [-0.39, 0.29) is 6.04 Å². The van der Waals surface area contributed by atoms with Crippen LogP contribution < -0.4 is 4.72 Å². The quantitative estimate of drug-likeness (QED) is 0.610. The number of nitro groups is 1. The molecular weight excluding hydrogens is 234 g/mol. The minimum Gasteiger partial charge on any atom is -0.258 e. The average Bonchev–Trinajstić information content (AvgIpc) is 3.01. The molecule has 0 aromatic carbocycles. The Morgan fingerprint density at radius 3 is 2.75 bits per heavy atom. The van der Waals surface area contributed by atoms with Gasteiger partial charge in [-0.3, -0.25) is 10.1 Å². The summed E-state index contributed by atoms with van der Waals surface area (Å²) < 4.78 is 25.8. The molecule has 0 saturated heterocycles. The van der Waals surface area contributed by atoms with Crippen molar-refractivity contribution in [3.05, 3.63) is 28.4 Å². The molecule has 1 heterocycles. The second-order valence-corrected chi connectivity index (χ2v) is 5.11. The highest BCUT2D eigenvalue weighted by atomic mass is 32.2. The van der Waals surface area contributed by atoms with E-state index in [4.69, 9.17) is 0 Å². The van der Waals surface area contributed by atoms with Gasteiger partial charge in [0.1, 0.15) is 0 Å². The van der Waals surface area contributed by atoms with Crippen molar-refractivity contribution in [3.63, 3.8) is 0 Å². The van der Waals surface area contributed by atoms with Crippen LogP contribution in [0.15, 0.2) is 23.4 Å². The Morgan fingerprint density at radius 2 is 2.19 bits per heavy atom. The summed E-state index contributed by atoms with van der Waals surface area (Å²) in [5.41, 5.74) is -0.504. The molecule has 7 nitrogen and oxygen atoms in total. The summed E-state index contributed by atoms with van der Waals surface area (Å²) in [7, 11) is -3.88. The largest absolute Gasteiger partial charge is 0.308 e. The van der Waals surface area contributed by atoms with Crippen LogP contribution in [-0.4, -0.2) is 24.4 Å². The van der Waals surface area contributed by atoms with Crippen molar-refractivity contribution < 1.29 is 13.3 Å².